The summed E-state index contributed by atoms with van der Waals surface area (Å²) in [6.07, 6.45) is 1.25. The summed E-state index contributed by atoms with van der Waals surface area (Å²) in [5.74, 6) is 0.792. The van der Waals surface area contributed by atoms with Gasteiger partial charge in [-0.25, -0.2) is 0 Å². The van der Waals surface area contributed by atoms with Crippen LogP contribution in [0.2, 0.25) is 0 Å². The van der Waals surface area contributed by atoms with Gasteiger partial charge in [0.05, 0.1) is 0 Å². The van der Waals surface area contributed by atoms with Gasteiger partial charge in [0.2, 0.25) is 0 Å². The molecule has 0 saturated carbocycles. The molecule has 62 valence electrons. The average Bonchev–Trinajstić information content (AvgIpc) is 1.82. The van der Waals surface area contributed by atoms with Gasteiger partial charge in [0, 0.05) is 11.9 Å². The van der Waals surface area contributed by atoms with Crippen LogP contribution in [0.15, 0.2) is 0 Å². The van der Waals surface area contributed by atoms with E-state index < -0.39 is 0 Å². The zero-order chi connectivity index (χ0) is 7.98. The number of hydrogen-bond acceptors (Lipinski definition) is 1. The van der Waals surface area contributed by atoms with Crippen molar-refractivity contribution in [2.45, 2.75) is 20.3 Å². The summed E-state index contributed by atoms with van der Waals surface area (Å²) in [6.45, 7) is 6.94. The van der Waals surface area contributed by atoms with Gasteiger partial charge in [-0.1, -0.05) is 29.8 Å². The van der Waals surface area contributed by atoms with Gasteiger partial charge in [-0.05, 0) is 25.9 Å². The minimum atomic E-state index is 0.792. The van der Waals surface area contributed by atoms with E-state index in [0.717, 1.165) is 11.2 Å². The number of alkyl halides is 1. The smallest absolute Gasteiger partial charge is 0.00434 e. The van der Waals surface area contributed by atoms with E-state index in [-0.39, 0.29) is 0 Å². The Hall–Kier alpha value is 0.440. The Balaban J connectivity index is 3.16. The molecule has 0 rings (SSSR count). The number of halogens is 1. The molecule has 0 aliphatic heterocycles. The molecule has 0 bridgehead atoms. The molecule has 0 aromatic heterocycles. The normalized spacial score (nSPS) is 11.4. The Bertz CT molecular complexity index is 73.7. The summed E-state index contributed by atoms with van der Waals surface area (Å²) >= 11 is 3.42. The predicted octanol–water partition coefficient (Wildman–Crippen LogP) is 2.36. The van der Waals surface area contributed by atoms with Crippen LogP contribution in [0.1, 0.15) is 20.3 Å². The van der Waals surface area contributed by atoms with Gasteiger partial charge in [-0.3, -0.25) is 0 Å². The molecule has 0 atom stereocenters. The molecule has 0 aromatic carbocycles. The summed E-state index contributed by atoms with van der Waals surface area (Å²) in [5.41, 5.74) is 0. The maximum absolute atomic E-state index is 3.42. The maximum atomic E-state index is 3.42. The molecule has 0 N–H and O–H groups in total. The minimum absolute atomic E-state index is 0.792. The molecule has 0 unspecified atom stereocenters. The van der Waals surface area contributed by atoms with E-state index in [1.54, 1.807) is 0 Å². The lowest BCUT2D eigenvalue weighted by atomic mass is 10.2. The third-order valence-corrected chi connectivity index (χ3v) is 1.91. The molecule has 0 radical (unpaired) electrons. The lowest BCUT2D eigenvalue weighted by Gasteiger charge is -2.17. The first-order chi connectivity index (χ1) is 4.66. The van der Waals surface area contributed by atoms with Crippen LogP contribution in [-0.4, -0.2) is 30.4 Å². The van der Waals surface area contributed by atoms with Crippen LogP contribution in [0.5, 0.6) is 0 Å². The van der Waals surface area contributed by atoms with Crippen LogP contribution in [-0.2, 0) is 0 Å². The molecule has 1 nitrogen and oxygen atoms in total. The third-order valence-electron chi connectivity index (χ3n) is 1.35. The first-order valence-corrected chi connectivity index (χ1v) is 5.03. The van der Waals surface area contributed by atoms with Crippen LogP contribution in [0.4, 0.5) is 0 Å². The first kappa shape index (κ1) is 10.4. The Labute approximate surface area is 72.9 Å². The molecule has 2 heteroatoms. The number of rotatable bonds is 5. The molecular formula is C8H18BrN. The lowest BCUT2D eigenvalue weighted by molar-refractivity contribution is 0.297. The van der Waals surface area contributed by atoms with E-state index in [9.17, 15) is 0 Å². The molecular weight excluding hydrogens is 190 g/mol. The quantitative estimate of drug-likeness (QED) is 0.627. The van der Waals surface area contributed by atoms with Gasteiger partial charge in [0.15, 0.2) is 0 Å². The van der Waals surface area contributed by atoms with Crippen molar-refractivity contribution in [3.63, 3.8) is 0 Å². The summed E-state index contributed by atoms with van der Waals surface area (Å²) in [5, 5.41) is 1.12. The third kappa shape index (κ3) is 6.56. The molecule has 0 spiro atoms. The van der Waals surface area contributed by atoms with E-state index in [1.165, 1.54) is 19.5 Å². The van der Waals surface area contributed by atoms with E-state index in [2.05, 4.69) is 41.7 Å². The van der Waals surface area contributed by atoms with Crippen molar-refractivity contribution in [3.05, 3.63) is 0 Å². The van der Waals surface area contributed by atoms with Crippen molar-refractivity contribution >= 4 is 15.9 Å². The SMILES string of the molecule is CC(C)CN(C)CCCBr. The highest BCUT2D eigenvalue weighted by Gasteiger charge is 1.99. The fraction of sp³-hybridized carbons (Fsp3) is 1.00. The number of hydrogen-bond donors (Lipinski definition) is 0. The van der Waals surface area contributed by atoms with Crippen LogP contribution in [0, 0.1) is 5.92 Å². The monoisotopic (exact) mass is 207 g/mol. The molecule has 0 saturated heterocycles. The Morgan fingerprint density at radius 1 is 1.40 bits per heavy atom. The zero-order valence-electron chi connectivity index (χ0n) is 7.23. The predicted molar refractivity (Wildman–Crippen MR) is 50.7 cm³/mol. The molecule has 0 heterocycles. The first-order valence-electron chi connectivity index (χ1n) is 3.91. The Morgan fingerprint density at radius 2 is 2.00 bits per heavy atom. The van der Waals surface area contributed by atoms with Crippen molar-refractivity contribution in [2.75, 3.05) is 25.5 Å². The molecule has 10 heavy (non-hydrogen) atoms. The fourth-order valence-corrected chi connectivity index (χ4v) is 1.30. The van der Waals surface area contributed by atoms with Crippen molar-refractivity contribution in [1.82, 2.24) is 4.90 Å². The van der Waals surface area contributed by atoms with E-state index >= 15 is 0 Å². The standard InChI is InChI=1S/C8H18BrN/c1-8(2)7-10(3)6-4-5-9/h8H,4-7H2,1-3H3. The van der Waals surface area contributed by atoms with Crippen LogP contribution < -0.4 is 0 Å². The average molecular weight is 208 g/mol. The highest BCUT2D eigenvalue weighted by Crippen LogP contribution is 1.97. The van der Waals surface area contributed by atoms with Gasteiger partial charge in [0.1, 0.15) is 0 Å². The summed E-state index contributed by atoms with van der Waals surface area (Å²) in [7, 11) is 2.18. The summed E-state index contributed by atoms with van der Waals surface area (Å²) < 4.78 is 0. The Morgan fingerprint density at radius 3 is 2.40 bits per heavy atom. The molecule has 0 aromatic rings. The summed E-state index contributed by atoms with van der Waals surface area (Å²) in [4.78, 5) is 2.38. The van der Waals surface area contributed by atoms with Gasteiger partial charge in [0.25, 0.3) is 0 Å². The van der Waals surface area contributed by atoms with Crippen molar-refractivity contribution < 1.29 is 0 Å². The molecule has 0 amide bonds. The van der Waals surface area contributed by atoms with Crippen molar-refractivity contribution in [3.8, 4) is 0 Å². The van der Waals surface area contributed by atoms with Gasteiger partial charge < -0.3 is 4.90 Å². The highest BCUT2D eigenvalue weighted by atomic mass is 79.9. The second kappa shape index (κ2) is 6.17. The topological polar surface area (TPSA) is 3.24 Å². The molecule has 0 aliphatic carbocycles. The lowest BCUT2D eigenvalue weighted by Crippen LogP contribution is -2.24. The van der Waals surface area contributed by atoms with Crippen LogP contribution in [0.3, 0.4) is 0 Å². The van der Waals surface area contributed by atoms with E-state index in [1.807, 2.05) is 0 Å². The van der Waals surface area contributed by atoms with Crippen molar-refractivity contribution in [1.29, 1.82) is 0 Å². The maximum Gasteiger partial charge on any atom is 0.00434 e. The number of nitrogens with zero attached hydrogens (tertiary/aromatic N) is 1. The molecule has 0 aliphatic rings. The minimum Gasteiger partial charge on any atom is -0.306 e. The second-order valence-electron chi connectivity index (χ2n) is 3.20. The zero-order valence-corrected chi connectivity index (χ0v) is 8.82. The Kier molecular flexibility index (Phi) is 6.44. The second-order valence-corrected chi connectivity index (χ2v) is 3.99. The van der Waals surface area contributed by atoms with Crippen molar-refractivity contribution in [2.24, 2.45) is 5.92 Å². The largest absolute Gasteiger partial charge is 0.306 e. The van der Waals surface area contributed by atoms with Crippen LogP contribution >= 0.6 is 15.9 Å². The van der Waals surface area contributed by atoms with Gasteiger partial charge >= 0.3 is 0 Å². The fourth-order valence-electron chi connectivity index (χ4n) is 1.04. The molecule has 0 fully saturated rings. The van der Waals surface area contributed by atoms with Gasteiger partial charge in [-0.2, -0.15) is 0 Å². The highest BCUT2D eigenvalue weighted by molar-refractivity contribution is 9.09. The summed E-state index contributed by atoms with van der Waals surface area (Å²) in [6, 6.07) is 0. The van der Waals surface area contributed by atoms with Gasteiger partial charge in [-0.15, -0.1) is 0 Å². The van der Waals surface area contributed by atoms with E-state index in [4.69, 9.17) is 0 Å². The van der Waals surface area contributed by atoms with Crippen LogP contribution in [0.25, 0.3) is 0 Å². The van der Waals surface area contributed by atoms with E-state index in [0.29, 0.717) is 0 Å².